The molecular weight excluding hydrogens is 254 g/mol. The Morgan fingerprint density at radius 3 is 2.15 bits per heavy atom. The van der Waals surface area contributed by atoms with E-state index in [0.717, 1.165) is 19.4 Å². The standard InChI is InChI=1S/C16H27NO3/c1-11(2)9-16(7-8-16)10-17-14(18)12-3-5-13(6-4-12)15(19)20/h11-13H,3-10H2,1-2H3,(H,17,18)(H,19,20). The SMILES string of the molecule is CC(C)CC1(CNC(=O)C2CCC(C(=O)O)CC2)CC1. The molecule has 0 aromatic heterocycles. The van der Waals surface area contributed by atoms with Gasteiger partial charge in [0.05, 0.1) is 5.92 Å². The second kappa shape index (κ2) is 6.15. The topological polar surface area (TPSA) is 66.4 Å². The summed E-state index contributed by atoms with van der Waals surface area (Å²) in [6, 6.07) is 0. The first-order chi connectivity index (χ1) is 9.42. The number of hydrogen-bond acceptors (Lipinski definition) is 2. The van der Waals surface area contributed by atoms with E-state index < -0.39 is 5.97 Å². The Balaban J connectivity index is 1.72. The smallest absolute Gasteiger partial charge is 0.306 e. The zero-order chi connectivity index (χ0) is 14.8. The molecule has 2 rings (SSSR count). The molecule has 0 spiro atoms. The van der Waals surface area contributed by atoms with Crippen LogP contribution in [0.2, 0.25) is 0 Å². The van der Waals surface area contributed by atoms with Crippen molar-refractivity contribution in [3.8, 4) is 0 Å². The average Bonchev–Trinajstić information content (AvgIpc) is 3.15. The molecular formula is C16H27NO3. The van der Waals surface area contributed by atoms with Crippen LogP contribution in [0.1, 0.15) is 58.8 Å². The molecule has 0 radical (unpaired) electrons. The van der Waals surface area contributed by atoms with Crippen LogP contribution >= 0.6 is 0 Å². The first kappa shape index (κ1) is 15.3. The van der Waals surface area contributed by atoms with Gasteiger partial charge in [-0.25, -0.2) is 0 Å². The summed E-state index contributed by atoms with van der Waals surface area (Å²) in [5.74, 6) is -0.0998. The Hall–Kier alpha value is -1.06. The Bertz CT molecular complexity index is 366. The van der Waals surface area contributed by atoms with E-state index in [4.69, 9.17) is 5.11 Å². The van der Waals surface area contributed by atoms with Crippen molar-refractivity contribution in [3.63, 3.8) is 0 Å². The van der Waals surface area contributed by atoms with Gasteiger partial charge in [0.15, 0.2) is 0 Å². The number of hydrogen-bond donors (Lipinski definition) is 2. The molecule has 2 saturated carbocycles. The van der Waals surface area contributed by atoms with Gasteiger partial charge in [-0.05, 0) is 56.3 Å². The van der Waals surface area contributed by atoms with E-state index >= 15 is 0 Å². The van der Waals surface area contributed by atoms with Crippen molar-refractivity contribution in [2.75, 3.05) is 6.54 Å². The van der Waals surface area contributed by atoms with E-state index in [0.29, 0.717) is 24.2 Å². The van der Waals surface area contributed by atoms with Gasteiger partial charge in [0, 0.05) is 12.5 Å². The van der Waals surface area contributed by atoms with Crippen molar-refractivity contribution in [1.82, 2.24) is 5.32 Å². The number of nitrogens with one attached hydrogen (secondary N) is 1. The maximum Gasteiger partial charge on any atom is 0.306 e. The van der Waals surface area contributed by atoms with Gasteiger partial charge in [-0.1, -0.05) is 13.8 Å². The average molecular weight is 281 g/mol. The summed E-state index contributed by atoms with van der Waals surface area (Å²) in [6.45, 7) is 5.27. The van der Waals surface area contributed by atoms with Crippen LogP contribution in [-0.4, -0.2) is 23.5 Å². The van der Waals surface area contributed by atoms with Crippen molar-refractivity contribution in [2.24, 2.45) is 23.2 Å². The molecule has 2 aliphatic rings. The molecule has 2 fully saturated rings. The minimum absolute atomic E-state index is 0.0282. The van der Waals surface area contributed by atoms with Gasteiger partial charge < -0.3 is 10.4 Å². The Morgan fingerprint density at radius 1 is 1.15 bits per heavy atom. The van der Waals surface area contributed by atoms with Gasteiger partial charge in [-0.15, -0.1) is 0 Å². The van der Waals surface area contributed by atoms with E-state index in [1.54, 1.807) is 0 Å². The second-order valence-corrected chi connectivity index (χ2v) is 7.20. The van der Waals surface area contributed by atoms with Gasteiger partial charge in [-0.2, -0.15) is 0 Å². The van der Waals surface area contributed by atoms with Crippen molar-refractivity contribution >= 4 is 11.9 Å². The molecule has 20 heavy (non-hydrogen) atoms. The van der Waals surface area contributed by atoms with Gasteiger partial charge in [0.25, 0.3) is 0 Å². The van der Waals surface area contributed by atoms with Crippen LogP contribution in [0.4, 0.5) is 0 Å². The predicted molar refractivity (Wildman–Crippen MR) is 77.2 cm³/mol. The number of carbonyl (C=O) groups excluding carboxylic acids is 1. The quantitative estimate of drug-likeness (QED) is 0.786. The number of carboxylic acids is 1. The Labute approximate surface area is 121 Å². The lowest BCUT2D eigenvalue weighted by molar-refractivity contribution is -0.144. The lowest BCUT2D eigenvalue weighted by Crippen LogP contribution is -2.37. The van der Waals surface area contributed by atoms with Crippen LogP contribution in [0.5, 0.6) is 0 Å². The highest BCUT2D eigenvalue weighted by Gasteiger charge is 2.43. The molecule has 2 aliphatic carbocycles. The van der Waals surface area contributed by atoms with Crippen LogP contribution in [0.25, 0.3) is 0 Å². The van der Waals surface area contributed by atoms with E-state index in [2.05, 4.69) is 19.2 Å². The lowest BCUT2D eigenvalue weighted by atomic mass is 9.81. The van der Waals surface area contributed by atoms with E-state index in [-0.39, 0.29) is 17.7 Å². The third-order valence-corrected chi connectivity index (χ3v) is 4.88. The van der Waals surface area contributed by atoms with Crippen LogP contribution in [-0.2, 0) is 9.59 Å². The van der Waals surface area contributed by atoms with Gasteiger partial charge in [-0.3, -0.25) is 9.59 Å². The molecule has 0 unspecified atom stereocenters. The van der Waals surface area contributed by atoms with Crippen molar-refractivity contribution in [3.05, 3.63) is 0 Å². The molecule has 0 bridgehead atoms. The largest absolute Gasteiger partial charge is 0.481 e. The fourth-order valence-corrected chi connectivity index (χ4v) is 3.52. The Morgan fingerprint density at radius 2 is 1.70 bits per heavy atom. The summed E-state index contributed by atoms with van der Waals surface area (Å²) in [4.78, 5) is 23.1. The van der Waals surface area contributed by atoms with Crippen molar-refractivity contribution in [2.45, 2.75) is 58.8 Å². The molecule has 0 aromatic rings. The van der Waals surface area contributed by atoms with E-state index in [1.165, 1.54) is 19.3 Å². The first-order valence-corrected chi connectivity index (χ1v) is 7.92. The van der Waals surface area contributed by atoms with Crippen molar-refractivity contribution < 1.29 is 14.7 Å². The van der Waals surface area contributed by atoms with E-state index in [9.17, 15) is 9.59 Å². The van der Waals surface area contributed by atoms with E-state index in [1.807, 2.05) is 0 Å². The number of amides is 1. The highest BCUT2D eigenvalue weighted by atomic mass is 16.4. The normalized spacial score (nSPS) is 28.1. The summed E-state index contributed by atoms with van der Waals surface area (Å²) in [5.41, 5.74) is 0.363. The van der Waals surface area contributed by atoms with Gasteiger partial charge in [0.2, 0.25) is 5.91 Å². The fourth-order valence-electron chi connectivity index (χ4n) is 3.52. The van der Waals surface area contributed by atoms with Gasteiger partial charge in [0.1, 0.15) is 0 Å². The van der Waals surface area contributed by atoms with Crippen LogP contribution in [0.3, 0.4) is 0 Å². The van der Waals surface area contributed by atoms with Crippen molar-refractivity contribution in [1.29, 1.82) is 0 Å². The molecule has 114 valence electrons. The van der Waals surface area contributed by atoms with Crippen LogP contribution in [0, 0.1) is 23.2 Å². The third kappa shape index (κ3) is 3.97. The third-order valence-electron chi connectivity index (χ3n) is 4.88. The molecule has 0 atom stereocenters. The summed E-state index contributed by atoms with van der Waals surface area (Å²) >= 11 is 0. The summed E-state index contributed by atoms with van der Waals surface area (Å²) < 4.78 is 0. The molecule has 0 aliphatic heterocycles. The minimum Gasteiger partial charge on any atom is -0.481 e. The molecule has 0 saturated heterocycles. The molecule has 4 nitrogen and oxygen atoms in total. The van der Waals surface area contributed by atoms with Crippen LogP contribution in [0.15, 0.2) is 0 Å². The molecule has 0 aromatic carbocycles. The fraction of sp³-hybridized carbons (Fsp3) is 0.875. The zero-order valence-electron chi connectivity index (χ0n) is 12.7. The number of carboxylic acid groups (broad SMARTS) is 1. The summed E-state index contributed by atoms with van der Waals surface area (Å²) in [5, 5.41) is 12.1. The maximum atomic E-state index is 12.2. The first-order valence-electron chi connectivity index (χ1n) is 7.92. The molecule has 0 heterocycles. The highest BCUT2D eigenvalue weighted by Crippen LogP contribution is 2.50. The lowest BCUT2D eigenvalue weighted by Gasteiger charge is -2.26. The second-order valence-electron chi connectivity index (χ2n) is 7.20. The number of rotatable bonds is 6. The molecule has 1 amide bonds. The maximum absolute atomic E-state index is 12.2. The molecule has 2 N–H and O–H groups in total. The van der Waals surface area contributed by atoms with Crippen LogP contribution < -0.4 is 5.32 Å². The summed E-state index contributed by atoms with van der Waals surface area (Å²) in [6.07, 6.45) is 6.39. The summed E-state index contributed by atoms with van der Waals surface area (Å²) in [7, 11) is 0. The number of aliphatic carboxylic acids is 1. The number of carbonyl (C=O) groups is 2. The highest BCUT2D eigenvalue weighted by molar-refractivity contribution is 5.79. The zero-order valence-corrected chi connectivity index (χ0v) is 12.7. The Kier molecular flexibility index (Phi) is 4.71. The van der Waals surface area contributed by atoms with Gasteiger partial charge >= 0.3 is 5.97 Å². The predicted octanol–water partition coefficient (Wildman–Crippen LogP) is 2.82. The molecule has 4 heteroatoms. The monoisotopic (exact) mass is 281 g/mol. The minimum atomic E-state index is -0.710.